The molecule has 1 aromatic heterocycles. The van der Waals surface area contributed by atoms with Crippen molar-refractivity contribution < 1.29 is 14.7 Å². The highest BCUT2D eigenvalue weighted by atomic mass is 32.2. The number of carbonyl (C=O) groups excluding carboxylic acids is 1. The van der Waals surface area contributed by atoms with E-state index in [0.717, 1.165) is 41.4 Å². The van der Waals surface area contributed by atoms with Gasteiger partial charge in [-0.1, -0.05) is 31.0 Å². The normalized spacial score (nSPS) is 16.5. The quantitative estimate of drug-likeness (QED) is 0.616. The predicted octanol–water partition coefficient (Wildman–Crippen LogP) is 2.99. The molecule has 1 aliphatic rings. The second-order valence-corrected chi connectivity index (χ2v) is 7.48. The number of aliphatic carboxylic acids is 1. The Bertz CT molecular complexity index is 634. The van der Waals surface area contributed by atoms with Gasteiger partial charge in [-0.05, 0) is 44.9 Å². The molecule has 25 heavy (non-hydrogen) atoms. The average Bonchev–Trinajstić information content (AvgIpc) is 2.60. The van der Waals surface area contributed by atoms with E-state index in [0.29, 0.717) is 19.3 Å². The van der Waals surface area contributed by atoms with E-state index in [-0.39, 0.29) is 12.3 Å². The Morgan fingerprint density at radius 1 is 1.16 bits per heavy atom. The molecule has 0 aliphatic heterocycles. The Morgan fingerprint density at radius 3 is 2.20 bits per heavy atom. The van der Waals surface area contributed by atoms with Crippen LogP contribution in [0.1, 0.15) is 55.5 Å². The monoisotopic (exact) mass is 365 g/mol. The standard InChI is InChI=1S/C18H27N3O3S/c1-12-14(13(2)20-17(19-12)25-4)8-9-15(22)21(3)18(16(23)24)10-6-5-7-11-18/h5-11H2,1-4H3,(H,23,24). The topological polar surface area (TPSA) is 83.4 Å². The van der Waals surface area contributed by atoms with Gasteiger partial charge in [-0.25, -0.2) is 14.8 Å². The Morgan fingerprint density at radius 2 is 1.72 bits per heavy atom. The van der Waals surface area contributed by atoms with Crippen LogP contribution in [0.15, 0.2) is 5.16 Å². The molecule has 1 aliphatic carbocycles. The fourth-order valence-corrected chi connectivity index (χ4v) is 4.09. The van der Waals surface area contributed by atoms with Crippen molar-refractivity contribution in [2.75, 3.05) is 13.3 Å². The average molecular weight is 365 g/mol. The zero-order chi connectivity index (χ0) is 18.6. The van der Waals surface area contributed by atoms with Crippen LogP contribution in [0.25, 0.3) is 0 Å². The smallest absolute Gasteiger partial charge is 0.329 e. The van der Waals surface area contributed by atoms with E-state index < -0.39 is 11.5 Å². The van der Waals surface area contributed by atoms with Crippen LogP contribution in [-0.2, 0) is 16.0 Å². The van der Waals surface area contributed by atoms with Gasteiger partial charge in [0.1, 0.15) is 5.54 Å². The van der Waals surface area contributed by atoms with Gasteiger partial charge < -0.3 is 10.0 Å². The van der Waals surface area contributed by atoms with Gasteiger partial charge in [0, 0.05) is 24.9 Å². The molecule has 7 heteroatoms. The van der Waals surface area contributed by atoms with E-state index >= 15 is 0 Å². The van der Waals surface area contributed by atoms with Crippen molar-refractivity contribution in [3.05, 3.63) is 17.0 Å². The minimum atomic E-state index is -1.04. The maximum absolute atomic E-state index is 12.7. The van der Waals surface area contributed by atoms with Crippen LogP contribution < -0.4 is 0 Å². The second-order valence-electron chi connectivity index (χ2n) is 6.71. The molecule has 138 valence electrons. The number of rotatable bonds is 6. The van der Waals surface area contributed by atoms with E-state index in [4.69, 9.17) is 0 Å². The molecule has 0 spiro atoms. The summed E-state index contributed by atoms with van der Waals surface area (Å²) in [5.74, 6) is -1.01. The highest BCUT2D eigenvalue weighted by Gasteiger charge is 2.45. The third-order valence-electron chi connectivity index (χ3n) is 5.27. The first-order chi connectivity index (χ1) is 11.8. The summed E-state index contributed by atoms with van der Waals surface area (Å²) in [6.45, 7) is 3.86. The number of carboxylic acids is 1. The lowest BCUT2D eigenvalue weighted by atomic mass is 9.80. The second kappa shape index (κ2) is 8.17. The molecule has 0 bridgehead atoms. The Labute approximate surface area is 153 Å². The maximum atomic E-state index is 12.7. The number of aromatic nitrogens is 2. The largest absolute Gasteiger partial charge is 0.479 e. The van der Waals surface area contributed by atoms with Crippen LogP contribution in [-0.4, -0.2) is 50.7 Å². The van der Waals surface area contributed by atoms with Crippen molar-refractivity contribution in [2.45, 2.75) is 69.5 Å². The number of amides is 1. The maximum Gasteiger partial charge on any atom is 0.329 e. The lowest BCUT2D eigenvalue weighted by Gasteiger charge is -2.41. The number of carbonyl (C=O) groups is 2. The molecule has 1 fully saturated rings. The number of nitrogens with zero attached hydrogens (tertiary/aromatic N) is 3. The molecule has 1 aromatic rings. The van der Waals surface area contributed by atoms with E-state index in [2.05, 4.69) is 9.97 Å². The van der Waals surface area contributed by atoms with Crippen molar-refractivity contribution in [3.63, 3.8) is 0 Å². The van der Waals surface area contributed by atoms with Crippen LogP contribution in [0.5, 0.6) is 0 Å². The fraction of sp³-hybridized carbons (Fsp3) is 0.667. The molecule has 0 aromatic carbocycles. The summed E-state index contributed by atoms with van der Waals surface area (Å²) in [6.07, 6.45) is 6.55. The Balaban J connectivity index is 2.10. The molecule has 1 amide bonds. The highest BCUT2D eigenvalue weighted by Crippen LogP contribution is 2.34. The molecule has 1 saturated carbocycles. The van der Waals surface area contributed by atoms with Crippen molar-refractivity contribution in [2.24, 2.45) is 0 Å². The zero-order valence-electron chi connectivity index (χ0n) is 15.5. The van der Waals surface area contributed by atoms with Gasteiger partial charge in [-0.15, -0.1) is 0 Å². The summed E-state index contributed by atoms with van der Waals surface area (Å²) in [5.41, 5.74) is 1.71. The number of hydrogen-bond donors (Lipinski definition) is 1. The van der Waals surface area contributed by atoms with Gasteiger partial charge in [-0.2, -0.15) is 0 Å². The van der Waals surface area contributed by atoms with E-state index in [9.17, 15) is 14.7 Å². The molecule has 6 nitrogen and oxygen atoms in total. The number of aryl methyl sites for hydroxylation is 2. The van der Waals surface area contributed by atoms with Crippen LogP contribution >= 0.6 is 11.8 Å². The first kappa shape index (κ1) is 19.7. The van der Waals surface area contributed by atoms with Crippen molar-refractivity contribution >= 4 is 23.6 Å². The minimum absolute atomic E-state index is 0.128. The molecular weight excluding hydrogens is 338 g/mol. The molecule has 1 heterocycles. The van der Waals surface area contributed by atoms with Gasteiger partial charge >= 0.3 is 5.97 Å². The van der Waals surface area contributed by atoms with E-state index in [1.54, 1.807) is 7.05 Å². The predicted molar refractivity (Wildman–Crippen MR) is 97.8 cm³/mol. The van der Waals surface area contributed by atoms with Gasteiger partial charge in [0.05, 0.1) is 0 Å². The fourth-order valence-electron chi connectivity index (χ4n) is 3.63. The number of thioether (sulfide) groups is 1. The third kappa shape index (κ3) is 4.14. The van der Waals surface area contributed by atoms with Crippen molar-refractivity contribution in [1.82, 2.24) is 14.9 Å². The van der Waals surface area contributed by atoms with Crippen LogP contribution in [0.4, 0.5) is 0 Å². The van der Waals surface area contributed by atoms with E-state index in [1.165, 1.54) is 16.7 Å². The summed E-state index contributed by atoms with van der Waals surface area (Å²) < 4.78 is 0. The van der Waals surface area contributed by atoms with Crippen molar-refractivity contribution in [1.29, 1.82) is 0 Å². The number of hydrogen-bond acceptors (Lipinski definition) is 5. The minimum Gasteiger partial charge on any atom is -0.479 e. The molecule has 2 rings (SSSR count). The zero-order valence-corrected chi connectivity index (χ0v) is 16.3. The summed E-state index contributed by atoms with van der Waals surface area (Å²) in [5, 5.41) is 10.5. The lowest BCUT2D eigenvalue weighted by molar-refractivity contribution is -0.160. The lowest BCUT2D eigenvalue weighted by Crippen LogP contribution is -2.56. The summed E-state index contributed by atoms with van der Waals surface area (Å²) in [7, 11) is 1.63. The summed E-state index contributed by atoms with van der Waals surface area (Å²) in [6, 6.07) is 0. The number of carboxylic acid groups (broad SMARTS) is 1. The molecular formula is C18H27N3O3S. The van der Waals surface area contributed by atoms with Crippen LogP contribution in [0, 0.1) is 13.8 Å². The van der Waals surface area contributed by atoms with Crippen molar-refractivity contribution in [3.8, 4) is 0 Å². The van der Waals surface area contributed by atoms with Crippen LogP contribution in [0.3, 0.4) is 0 Å². The molecule has 0 radical (unpaired) electrons. The molecule has 1 N–H and O–H groups in total. The van der Waals surface area contributed by atoms with E-state index in [1.807, 2.05) is 20.1 Å². The highest BCUT2D eigenvalue weighted by molar-refractivity contribution is 7.98. The molecule has 0 atom stereocenters. The summed E-state index contributed by atoms with van der Waals surface area (Å²) >= 11 is 1.49. The van der Waals surface area contributed by atoms with Gasteiger partial charge in [0.25, 0.3) is 0 Å². The SMILES string of the molecule is CSc1nc(C)c(CCC(=O)N(C)C2(C(=O)O)CCCCC2)c(C)n1. The summed E-state index contributed by atoms with van der Waals surface area (Å²) in [4.78, 5) is 34.9. The third-order valence-corrected chi connectivity index (χ3v) is 5.81. The molecule has 0 unspecified atom stereocenters. The van der Waals surface area contributed by atoms with Gasteiger partial charge in [0.15, 0.2) is 5.16 Å². The first-order valence-corrected chi connectivity index (χ1v) is 9.92. The Hall–Kier alpha value is -1.63. The first-order valence-electron chi connectivity index (χ1n) is 8.70. The van der Waals surface area contributed by atoms with Gasteiger partial charge in [0.2, 0.25) is 5.91 Å². The molecule has 0 saturated heterocycles. The number of likely N-dealkylation sites (N-methyl/N-ethyl adjacent to an activating group) is 1. The van der Waals surface area contributed by atoms with Gasteiger partial charge in [-0.3, -0.25) is 4.79 Å². The van der Waals surface area contributed by atoms with Crippen LogP contribution in [0.2, 0.25) is 0 Å². The Kier molecular flexibility index (Phi) is 6.43.